The maximum atomic E-state index is 13.1. The molecule has 1 heterocycles. The third-order valence-electron chi connectivity index (χ3n) is 6.15. The zero-order chi connectivity index (χ0) is 25.0. The van der Waals surface area contributed by atoms with Crippen molar-refractivity contribution in [2.24, 2.45) is 0 Å². The Balaban J connectivity index is 1.48. The lowest BCUT2D eigenvalue weighted by Crippen LogP contribution is -2.46. The maximum absolute atomic E-state index is 13.1. The number of carbonyl (C=O) groups is 1. The number of carbonyl (C=O) groups excluding carboxylic acids is 1. The van der Waals surface area contributed by atoms with E-state index in [1.165, 1.54) is 12.1 Å². The highest BCUT2D eigenvalue weighted by Gasteiger charge is 2.30. The van der Waals surface area contributed by atoms with Gasteiger partial charge >= 0.3 is 6.18 Å². The minimum absolute atomic E-state index is 0.324. The Morgan fingerprint density at radius 1 is 0.943 bits per heavy atom. The average molecular weight is 502 g/mol. The number of halogens is 4. The van der Waals surface area contributed by atoms with Crippen LogP contribution in [0.4, 0.5) is 24.5 Å². The number of nitrogens with one attached hydrogen (secondary N) is 1. The topological polar surface area (TPSA) is 35.6 Å². The molecule has 1 fully saturated rings. The first-order valence-corrected chi connectivity index (χ1v) is 12.0. The summed E-state index contributed by atoms with van der Waals surface area (Å²) in [5.74, 6) is -0.363. The lowest BCUT2D eigenvalue weighted by molar-refractivity contribution is -0.137. The Bertz CT molecular complexity index is 1160. The standard InChI is InChI=1S/C27H27ClF3N3O/c1-2-13-33-14-16-34(17-15-33)23-10-8-22(9-11-23)32-26(35)24-12-7-21(28)18-25(24)19-3-5-20(6-4-19)27(29,30)31/h3-12,18H,2,13-17H2,1H3,(H,32,35). The van der Waals surface area contributed by atoms with Gasteiger partial charge in [-0.05, 0) is 78.7 Å². The van der Waals surface area contributed by atoms with Crippen LogP contribution in [0.15, 0.2) is 66.7 Å². The molecule has 4 nitrogen and oxygen atoms in total. The molecule has 3 aromatic rings. The normalized spacial score (nSPS) is 14.7. The van der Waals surface area contributed by atoms with Crippen molar-refractivity contribution in [2.45, 2.75) is 19.5 Å². The molecule has 1 N–H and O–H groups in total. The van der Waals surface area contributed by atoms with Gasteiger partial charge in [-0.3, -0.25) is 9.69 Å². The summed E-state index contributed by atoms with van der Waals surface area (Å²) < 4.78 is 38.8. The van der Waals surface area contributed by atoms with Gasteiger partial charge in [0.25, 0.3) is 5.91 Å². The minimum Gasteiger partial charge on any atom is -0.369 e. The van der Waals surface area contributed by atoms with E-state index in [0.717, 1.165) is 57.0 Å². The van der Waals surface area contributed by atoms with E-state index in [-0.39, 0.29) is 5.91 Å². The van der Waals surface area contributed by atoms with E-state index in [0.29, 0.717) is 27.4 Å². The average Bonchev–Trinajstić information content (AvgIpc) is 2.85. The van der Waals surface area contributed by atoms with E-state index in [4.69, 9.17) is 11.6 Å². The predicted octanol–water partition coefficient (Wildman–Crippen LogP) is 6.81. The molecule has 0 radical (unpaired) electrons. The molecule has 8 heteroatoms. The number of amides is 1. The van der Waals surface area contributed by atoms with Gasteiger partial charge in [-0.15, -0.1) is 0 Å². The molecule has 0 unspecified atom stereocenters. The monoisotopic (exact) mass is 501 g/mol. The summed E-state index contributed by atoms with van der Waals surface area (Å²) >= 11 is 6.13. The number of piperazine rings is 1. The molecule has 0 bridgehead atoms. The second-order valence-corrected chi connectivity index (χ2v) is 9.03. The van der Waals surface area contributed by atoms with Crippen molar-refractivity contribution < 1.29 is 18.0 Å². The molecule has 0 spiro atoms. The van der Waals surface area contributed by atoms with E-state index >= 15 is 0 Å². The molecule has 0 aliphatic carbocycles. The third-order valence-corrected chi connectivity index (χ3v) is 6.39. The fourth-order valence-corrected chi connectivity index (χ4v) is 4.46. The Morgan fingerprint density at radius 2 is 1.60 bits per heavy atom. The summed E-state index contributed by atoms with van der Waals surface area (Å²) in [4.78, 5) is 17.9. The number of benzene rings is 3. The van der Waals surface area contributed by atoms with Crippen molar-refractivity contribution in [1.29, 1.82) is 0 Å². The van der Waals surface area contributed by atoms with Crippen LogP contribution in [0.5, 0.6) is 0 Å². The number of alkyl halides is 3. The van der Waals surface area contributed by atoms with E-state index < -0.39 is 11.7 Å². The van der Waals surface area contributed by atoms with Crippen LogP contribution in [0.2, 0.25) is 5.02 Å². The molecule has 1 aliphatic rings. The van der Waals surface area contributed by atoms with Crippen molar-refractivity contribution >= 4 is 28.9 Å². The van der Waals surface area contributed by atoms with Gasteiger partial charge in [-0.2, -0.15) is 13.2 Å². The highest BCUT2D eigenvalue weighted by molar-refractivity contribution is 6.31. The number of hydrogen-bond donors (Lipinski definition) is 1. The Hall–Kier alpha value is -3.03. The lowest BCUT2D eigenvalue weighted by atomic mass is 9.98. The molecule has 1 saturated heterocycles. The van der Waals surface area contributed by atoms with Crippen LogP contribution in [-0.4, -0.2) is 43.5 Å². The molecule has 3 aromatic carbocycles. The SMILES string of the molecule is CCCN1CCN(c2ccc(NC(=O)c3ccc(Cl)cc3-c3ccc(C(F)(F)F)cc3)cc2)CC1. The Kier molecular flexibility index (Phi) is 7.67. The van der Waals surface area contributed by atoms with Crippen LogP contribution in [0, 0.1) is 0 Å². The molecule has 35 heavy (non-hydrogen) atoms. The van der Waals surface area contributed by atoms with Crippen LogP contribution < -0.4 is 10.2 Å². The van der Waals surface area contributed by atoms with E-state index in [1.807, 2.05) is 24.3 Å². The first kappa shape index (κ1) is 25.1. The molecule has 1 aliphatic heterocycles. The van der Waals surface area contributed by atoms with Crippen molar-refractivity contribution in [3.8, 4) is 11.1 Å². The first-order chi connectivity index (χ1) is 16.7. The Labute approximate surface area is 208 Å². The fourth-order valence-electron chi connectivity index (χ4n) is 4.29. The molecule has 184 valence electrons. The van der Waals surface area contributed by atoms with Gasteiger partial charge in [-0.1, -0.05) is 30.7 Å². The zero-order valence-electron chi connectivity index (χ0n) is 19.4. The second kappa shape index (κ2) is 10.7. The summed E-state index contributed by atoms with van der Waals surface area (Å²) in [6, 6.07) is 17.1. The van der Waals surface area contributed by atoms with Gasteiger partial charge in [0.15, 0.2) is 0 Å². The van der Waals surface area contributed by atoms with Crippen LogP contribution in [0.3, 0.4) is 0 Å². The van der Waals surface area contributed by atoms with Crippen molar-refractivity contribution in [3.05, 3.63) is 82.9 Å². The van der Waals surface area contributed by atoms with Crippen molar-refractivity contribution in [1.82, 2.24) is 4.90 Å². The molecule has 0 saturated carbocycles. The molecule has 0 atom stereocenters. The minimum atomic E-state index is -4.43. The van der Waals surface area contributed by atoms with Gasteiger partial charge in [-0.25, -0.2) is 0 Å². The van der Waals surface area contributed by atoms with Gasteiger partial charge < -0.3 is 10.2 Å². The van der Waals surface area contributed by atoms with Crippen LogP contribution >= 0.6 is 11.6 Å². The van der Waals surface area contributed by atoms with Crippen LogP contribution in [-0.2, 0) is 6.18 Å². The van der Waals surface area contributed by atoms with Crippen molar-refractivity contribution in [3.63, 3.8) is 0 Å². The van der Waals surface area contributed by atoms with Gasteiger partial charge in [0.2, 0.25) is 0 Å². The fraction of sp³-hybridized carbons (Fsp3) is 0.296. The molecule has 0 aromatic heterocycles. The number of nitrogens with zero attached hydrogens (tertiary/aromatic N) is 2. The van der Waals surface area contributed by atoms with E-state index in [2.05, 4.69) is 22.0 Å². The maximum Gasteiger partial charge on any atom is 0.416 e. The van der Waals surface area contributed by atoms with Gasteiger partial charge in [0.1, 0.15) is 0 Å². The zero-order valence-corrected chi connectivity index (χ0v) is 20.2. The lowest BCUT2D eigenvalue weighted by Gasteiger charge is -2.36. The smallest absolute Gasteiger partial charge is 0.369 e. The third kappa shape index (κ3) is 6.16. The summed E-state index contributed by atoms with van der Waals surface area (Å²) in [5.41, 5.74) is 2.26. The number of hydrogen-bond acceptors (Lipinski definition) is 3. The largest absolute Gasteiger partial charge is 0.416 e. The second-order valence-electron chi connectivity index (χ2n) is 8.59. The highest BCUT2D eigenvalue weighted by Crippen LogP contribution is 2.33. The summed E-state index contributed by atoms with van der Waals surface area (Å²) in [6.07, 6.45) is -3.27. The predicted molar refractivity (Wildman–Crippen MR) is 135 cm³/mol. The quantitative estimate of drug-likeness (QED) is 0.403. The van der Waals surface area contributed by atoms with Crippen molar-refractivity contribution in [2.75, 3.05) is 42.9 Å². The number of rotatable bonds is 6. The van der Waals surface area contributed by atoms with Crippen LogP contribution in [0.25, 0.3) is 11.1 Å². The first-order valence-electron chi connectivity index (χ1n) is 11.6. The van der Waals surface area contributed by atoms with Gasteiger partial charge in [0, 0.05) is 48.1 Å². The summed E-state index contributed by atoms with van der Waals surface area (Å²) in [6.45, 7) is 7.32. The number of anilines is 2. The molecule has 4 rings (SSSR count). The van der Waals surface area contributed by atoms with Crippen LogP contribution in [0.1, 0.15) is 29.3 Å². The molecule has 1 amide bonds. The molecular formula is C27H27ClF3N3O. The van der Waals surface area contributed by atoms with E-state index in [9.17, 15) is 18.0 Å². The highest BCUT2D eigenvalue weighted by atomic mass is 35.5. The Morgan fingerprint density at radius 3 is 2.20 bits per heavy atom. The summed E-state index contributed by atoms with van der Waals surface area (Å²) in [5, 5.41) is 3.28. The molecular weight excluding hydrogens is 475 g/mol. The van der Waals surface area contributed by atoms with E-state index in [1.54, 1.807) is 18.2 Å². The van der Waals surface area contributed by atoms with Gasteiger partial charge in [0.05, 0.1) is 5.56 Å². The summed E-state index contributed by atoms with van der Waals surface area (Å²) in [7, 11) is 0.